The van der Waals surface area contributed by atoms with E-state index in [1.165, 1.54) is 24.0 Å². The molecule has 0 bridgehead atoms. The number of carbonyl (C=O) groups is 1. The van der Waals surface area contributed by atoms with Crippen molar-refractivity contribution in [1.82, 2.24) is 10.3 Å². The van der Waals surface area contributed by atoms with Gasteiger partial charge in [-0.3, -0.25) is 9.78 Å². The Hall–Kier alpha value is -2.36. The van der Waals surface area contributed by atoms with E-state index in [-0.39, 0.29) is 17.7 Å². The number of nitrogens with one attached hydrogen (secondary N) is 1. The summed E-state index contributed by atoms with van der Waals surface area (Å²) in [6, 6.07) is 9.51. The Kier molecular flexibility index (Phi) is 4.58. The lowest BCUT2D eigenvalue weighted by atomic mass is 9.99. The maximum Gasteiger partial charge on any atom is 0.253 e. The number of hydrogen-bond acceptors (Lipinski definition) is 3. The Morgan fingerprint density at radius 1 is 1.10 bits per heavy atom. The zero-order chi connectivity index (χ0) is 15.4. The minimum absolute atomic E-state index is 0.0170. The van der Waals surface area contributed by atoms with E-state index < -0.39 is 0 Å². The number of aromatic hydroxyl groups is 1. The molecule has 1 amide bonds. The number of rotatable bonds is 4. The van der Waals surface area contributed by atoms with E-state index in [9.17, 15) is 9.90 Å². The minimum Gasteiger partial charge on any atom is -0.506 e. The molecule has 0 aliphatic carbocycles. The molecule has 21 heavy (non-hydrogen) atoms. The molecule has 2 rings (SSSR count). The lowest BCUT2D eigenvalue weighted by Gasteiger charge is -2.15. The molecule has 0 aliphatic rings. The fourth-order valence-electron chi connectivity index (χ4n) is 2.08. The standard InChI is InChI=1S/C17H20N2O2/c1-11(2)13-4-6-14(7-5-13)12(3)19-17(21)15-8-16(20)10-18-9-15/h4-12,20H,1-3H3,(H,19,21). The van der Waals surface area contributed by atoms with Crippen molar-refractivity contribution in [2.24, 2.45) is 0 Å². The molecule has 2 aromatic rings. The molecule has 1 atom stereocenters. The summed E-state index contributed by atoms with van der Waals surface area (Å²) in [5.74, 6) is 0.220. The first-order valence-electron chi connectivity index (χ1n) is 7.02. The first kappa shape index (κ1) is 15.0. The van der Waals surface area contributed by atoms with Crippen LogP contribution in [0.5, 0.6) is 5.75 Å². The van der Waals surface area contributed by atoms with Gasteiger partial charge in [-0.15, -0.1) is 0 Å². The van der Waals surface area contributed by atoms with Gasteiger partial charge in [0.15, 0.2) is 0 Å². The SMILES string of the molecule is CC(C)c1ccc(C(C)NC(=O)c2cncc(O)c2)cc1. The van der Waals surface area contributed by atoms with E-state index in [0.29, 0.717) is 11.5 Å². The van der Waals surface area contributed by atoms with Crippen molar-refractivity contribution in [3.8, 4) is 5.75 Å². The largest absolute Gasteiger partial charge is 0.506 e. The lowest BCUT2D eigenvalue weighted by molar-refractivity contribution is 0.0939. The van der Waals surface area contributed by atoms with Crippen LogP contribution in [0.25, 0.3) is 0 Å². The Labute approximate surface area is 124 Å². The molecule has 4 nitrogen and oxygen atoms in total. The average Bonchev–Trinajstić information content (AvgIpc) is 2.47. The van der Waals surface area contributed by atoms with Crippen molar-refractivity contribution in [1.29, 1.82) is 0 Å². The molecule has 0 fully saturated rings. The molecule has 110 valence electrons. The van der Waals surface area contributed by atoms with Gasteiger partial charge in [-0.25, -0.2) is 0 Å². The van der Waals surface area contributed by atoms with Crippen molar-refractivity contribution >= 4 is 5.91 Å². The third kappa shape index (κ3) is 3.81. The average molecular weight is 284 g/mol. The molecule has 0 saturated heterocycles. The van der Waals surface area contributed by atoms with E-state index in [2.05, 4.69) is 36.3 Å². The number of nitrogens with zero attached hydrogens (tertiary/aromatic N) is 1. The Bertz CT molecular complexity index is 621. The molecule has 1 unspecified atom stereocenters. The topological polar surface area (TPSA) is 62.2 Å². The van der Waals surface area contributed by atoms with Gasteiger partial charge in [0.05, 0.1) is 17.8 Å². The molecular weight excluding hydrogens is 264 g/mol. The zero-order valence-electron chi connectivity index (χ0n) is 12.5. The van der Waals surface area contributed by atoms with Crippen LogP contribution in [0.3, 0.4) is 0 Å². The lowest BCUT2D eigenvalue weighted by Crippen LogP contribution is -2.26. The second kappa shape index (κ2) is 6.39. The highest BCUT2D eigenvalue weighted by atomic mass is 16.3. The Balaban J connectivity index is 2.07. The van der Waals surface area contributed by atoms with Crippen LogP contribution in [0.15, 0.2) is 42.7 Å². The number of pyridine rings is 1. The summed E-state index contributed by atoms with van der Waals surface area (Å²) in [6.45, 7) is 6.22. The van der Waals surface area contributed by atoms with E-state index in [4.69, 9.17) is 0 Å². The van der Waals surface area contributed by atoms with Gasteiger partial charge in [-0.1, -0.05) is 38.1 Å². The fraction of sp³-hybridized carbons (Fsp3) is 0.294. The first-order chi connectivity index (χ1) is 9.97. The highest BCUT2D eigenvalue weighted by Gasteiger charge is 2.12. The second-order valence-electron chi connectivity index (χ2n) is 5.45. The fourth-order valence-corrected chi connectivity index (χ4v) is 2.08. The van der Waals surface area contributed by atoms with Crippen LogP contribution in [-0.4, -0.2) is 16.0 Å². The molecule has 1 heterocycles. The minimum atomic E-state index is -0.251. The third-order valence-electron chi connectivity index (χ3n) is 3.44. The summed E-state index contributed by atoms with van der Waals surface area (Å²) >= 11 is 0. The monoisotopic (exact) mass is 284 g/mol. The first-order valence-corrected chi connectivity index (χ1v) is 7.02. The molecule has 4 heteroatoms. The quantitative estimate of drug-likeness (QED) is 0.904. The highest BCUT2D eigenvalue weighted by Crippen LogP contribution is 2.19. The smallest absolute Gasteiger partial charge is 0.253 e. The van der Waals surface area contributed by atoms with Gasteiger partial charge in [0, 0.05) is 6.20 Å². The van der Waals surface area contributed by atoms with Gasteiger partial charge >= 0.3 is 0 Å². The van der Waals surface area contributed by atoms with E-state index >= 15 is 0 Å². The summed E-state index contributed by atoms with van der Waals surface area (Å²) in [6.07, 6.45) is 2.73. The molecule has 1 aromatic heterocycles. The predicted molar refractivity (Wildman–Crippen MR) is 82.3 cm³/mol. The van der Waals surface area contributed by atoms with Gasteiger partial charge in [0.1, 0.15) is 5.75 Å². The highest BCUT2D eigenvalue weighted by molar-refractivity contribution is 5.94. The summed E-state index contributed by atoms with van der Waals surface area (Å²) in [5, 5.41) is 12.3. The Morgan fingerprint density at radius 2 is 1.71 bits per heavy atom. The molecule has 0 aliphatic heterocycles. The van der Waals surface area contributed by atoms with Crippen molar-refractivity contribution in [2.75, 3.05) is 0 Å². The molecule has 0 saturated carbocycles. The Morgan fingerprint density at radius 3 is 2.29 bits per heavy atom. The molecule has 1 aromatic carbocycles. The van der Waals surface area contributed by atoms with Gasteiger partial charge in [0.25, 0.3) is 5.91 Å². The maximum absolute atomic E-state index is 12.1. The summed E-state index contributed by atoms with van der Waals surface area (Å²) in [4.78, 5) is 15.9. The van der Waals surface area contributed by atoms with Crippen LogP contribution in [0.2, 0.25) is 0 Å². The predicted octanol–water partition coefficient (Wildman–Crippen LogP) is 3.40. The summed E-state index contributed by atoms with van der Waals surface area (Å²) < 4.78 is 0. The zero-order valence-corrected chi connectivity index (χ0v) is 12.5. The van der Waals surface area contributed by atoms with Crippen molar-refractivity contribution in [3.05, 3.63) is 59.4 Å². The van der Waals surface area contributed by atoms with Crippen LogP contribution >= 0.6 is 0 Å². The maximum atomic E-state index is 12.1. The number of aromatic nitrogens is 1. The third-order valence-corrected chi connectivity index (χ3v) is 3.44. The number of hydrogen-bond donors (Lipinski definition) is 2. The number of benzene rings is 1. The van der Waals surface area contributed by atoms with Crippen molar-refractivity contribution in [3.63, 3.8) is 0 Å². The summed E-state index contributed by atoms with van der Waals surface area (Å²) in [5.41, 5.74) is 2.66. The van der Waals surface area contributed by atoms with E-state index in [1.807, 2.05) is 19.1 Å². The van der Waals surface area contributed by atoms with Crippen molar-refractivity contribution < 1.29 is 9.90 Å². The van der Waals surface area contributed by atoms with Crippen LogP contribution in [-0.2, 0) is 0 Å². The van der Waals surface area contributed by atoms with Gasteiger partial charge < -0.3 is 10.4 Å². The van der Waals surface area contributed by atoms with Crippen LogP contribution < -0.4 is 5.32 Å². The molecule has 0 radical (unpaired) electrons. The van der Waals surface area contributed by atoms with Crippen LogP contribution in [0.4, 0.5) is 0 Å². The van der Waals surface area contributed by atoms with Crippen LogP contribution in [0.1, 0.15) is 54.2 Å². The summed E-state index contributed by atoms with van der Waals surface area (Å²) in [7, 11) is 0. The van der Waals surface area contributed by atoms with Gasteiger partial charge in [-0.2, -0.15) is 0 Å². The molecule has 2 N–H and O–H groups in total. The molecular formula is C17H20N2O2. The van der Waals surface area contributed by atoms with Crippen LogP contribution in [0, 0.1) is 0 Å². The van der Waals surface area contributed by atoms with E-state index in [0.717, 1.165) is 5.56 Å². The normalized spacial score (nSPS) is 12.2. The van der Waals surface area contributed by atoms with Crippen molar-refractivity contribution in [2.45, 2.75) is 32.7 Å². The van der Waals surface area contributed by atoms with Gasteiger partial charge in [0.2, 0.25) is 0 Å². The second-order valence-corrected chi connectivity index (χ2v) is 5.45. The number of carbonyl (C=O) groups excluding carboxylic acids is 1. The van der Waals surface area contributed by atoms with Gasteiger partial charge in [-0.05, 0) is 30.0 Å². The number of amides is 1. The van der Waals surface area contributed by atoms with E-state index in [1.54, 1.807) is 0 Å². The molecule has 0 spiro atoms.